The highest BCUT2D eigenvalue weighted by molar-refractivity contribution is 6.03. The SMILES string of the molecule is CN(C(=O)Nc1cnn(C)c1-c1ccccc1)c1ccccc1. The van der Waals surface area contributed by atoms with Gasteiger partial charge in [-0.2, -0.15) is 5.10 Å². The van der Waals surface area contributed by atoms with E-state index in [9.17, 15) is 4.79 Å². The quantitative estimate of drug-likeness (QED) is 0.801. The molecule has 1 N–H and O–H groups in total. The molecule has 116 valence electrons. The lowest BCUT2D eigenvalue weighted by Gasteiger charge is -2.18. The van der Waals surface area contributed by atoms with E-state index in [-0.39, 0.29) is 6.03 Å². The smallest absolute Gasteiger partial charge is 0.304 e. The summed E-state index contributed by atoms with van der Waals surface area (Å²) >= 11 is 0. The van der Waals surface area contributed by atoms with Gasteiger partial charge < -0.3 is 5.32 Å². The van der Waals surface area contributed by atoms with E-state index in [4.69, 9.17) is 0 Å². The van der Waals surface area contributed by atoms with Crippen molar-refractivity contribution < 1.29 is 4.79 Å². The predicted molar refractivity (Wildman–Crippen MR) is 92.5 cm³/mol. The molecular weight excluding hydrogens is 288 g/mol. The molecule has 0 aliphatic heterocycles. The lowest BCUT2D eigenvalue weighted by Crippen LogP contribution is -2.31. The zero-order valence-electron chi connectivity index (χ0n) is 13.1. The normalized spacial score (nSPS) is 10.3. The largest absolute Gasteiger partial charge is 0.326 e. The molecule has 0 fully saturated rings. The number of rotatable bonds is 3. The van der Waals surface area contributed by atoms with Gasteiger partial charge in [0.15, 0.2) is 0 Å². The van der Waals surface area contributed by atoms with Crippen molar-refractivity contribution in [2.45, 2.75) is 0 Å². The molecule has 3 rings (SSSR count). The standard InChI is InChI=1S/C18H18N4O/c1-21(15-11-7-4-8-12-15)18(23)20-16-13-19-22(2)17(16)14-9-5-3-6-10-14/h3-13H,1-2H3,(H,20,23). The second-order valence-corrected chi connectivity index (χ2v) is 5.22. The molecule has 2 amide bonds. The minimum atomic E-state index is -0.207. The summed E-state index contributed by atoms with van der Waals surface area (Å²) in [6, 6.07) is 19.2. The van der Waals surface area contributed by atoms with Crippen LogP contribution in [0.5, 0.6) is 0 Å². The van der Waals surface area contributed by atoms with Crippen molar-refractivity contribution >= 4 is 17.4 Å². The first-order chi connectivity index (χ1) is 11.2. The maximum absolute atomic E-state index is 12.5. The molecule has 0 aliphatic rings. The van der Waals surface area contributed by atoms with Crippen LogP contribution < -0.4 is 10.2 Å². The number of amides is 2. The lowest BCUT2D eigenvalue weighted by atomic mass is 10.1. The summed E-state index contributed by atoms with van der Waals surface area (Å²) in [6.07, 6.45) is 1.67. The van der Waals surface area contributed by atoms with Crippen LogP contribution in [0.25, 0.3) is 11.3 Å². The average molecular weight is 306 g/mol. The molecule has 0 atom stereocenters. The summed E-state index contributed by atoms with van der Waals surface area (Å²) in [7, 11) is 3.60. The van der Waals surface area contributed by atoms with Gasteiger partial charge in [0.25, 0.3) is 0 Å². The van der Waals surface area contributed by atoms with E-state index in [0.29, 0.717) is 5.69 Å². The lowest BCUT2D eigenvalue weighted by molar-refractivity contribution is 0.258. The van der Waals surface area contributed by atoms with Crippen LogP contribution in [-0.2, 0) is 7.05 Å². The van der Waals surface area contributed by atoms with Gasteiger partial charge in [-0.05, 0) is 12.1 Å². The monoisotopic (exact) mass is 306 g/mol. The van der Waals surface area contributed by atoms with Crippen molar-refractivity contribution in [3.05, 3.63) is 66.9 Å². The van der Waals surface area contributed by atoms with Crippen LogP contribution in [0, 0.1) is 0 Å². The summed E-state index contributed by atoms with van der Waals surface area (Å²) in [6.45, 7) is 0. The van der Waals surface area contributed by atoms with Gasteiger partial charge in [-0.25, -0.2) is 4.79 Å². The molecule has 1 aromatic heterocycles. The van der Waals surface area contributed by atoms with Gasteiger partial charge in [0, 0.05) is 25.3 Å². The molecule has 0 radical (unpaired) electrons. The van der Waals surface area contributed by atoms with Crippen LogP contribution in [0.15, 0.2) is 66.9 Å². The molecule has 0 unspecified atom stereocenters. The van der Waals surface area contributed by atoms with E-state index in [1.807, 2.05) is 67.7 Å². The third-order valence-electron chi connectivity index (χ3n) is 3.68. The van der Waals surface area contributed by atoms with E-state index < -0.39 is 0 Å². The molecule has 0 aliphatic carbocycles. The van der Waals surface area contributed by atoms with Crippen LogP contribution in [0.2, 0.25) is 0 Å². The van der Waals surface area contributed by atoms with Gasteiger partial charge in [0.05, 0.1) is 17.6 Å². The Kier molecular flexibility index (Phi) is 4.10. The molecule has 1 heterocycles. The number of hydrogen-bond acceptors (Lipinski definition) is 2. The van der Waals surface area contributed by atoms with Crippen molar-refractivity contribution in [3.8, 4) is 11.3 Å². The fourth-order valence-corrected chi connectivity index (χ4v) is 2.44. The Morgan fingerprint density at radius 3 is 2.30 bits per heavy atom. The first-order valence-electron chi connectivity index (χ1n) is 7.34. The summed E-state index contributed by atoms with van der Waals surface area (Å²) in [5.74, 6) is 0. The topological polar surface area (TPSA) is 50.2 Å². The summed E-state index contributed by atoms with van der Waals surface area (Å²) in [4.78, 5) is 14.1. The minimum Gasteiger partial charge on any atom is -0.304 e. The molecule has 3 aromatic rings. The molecule has 2 aromatic carbocycles. The Labute approximate surface area is 135 Å². The van der Waals surface area contributed by atoms with E-state index in [2.05, 4.69) is 10.4 Å². The summed E-state index contributed by atoms with van der Waals surface area (Å²) < 4.78 is 1.76. The fraction of sp³-hybridized carbons (Fsp3) is 0.111. The highest BCUT2D eigenvalue weighted by Crippen LogP contribution is 2.27. The number of para-hydroxylation sites is 1. The Morgan fingerprint density at radius 1 is 1.04 bits per heavy atom. The van der Waals surface area contributed by atoms with Gasteiger partial charge in [-0.1, -0.05) is 48.5 Å². The second kappa shape index (κ2) is 6.36. The van der Waals surface area contributed by atoms with Crippen LogP contribution in [0.3, 0.4) is 0 Å². The molecule has 23 heavy (non-hydrogen) atoms. The van der Waals surface area contributed by atoms with Crippen molar-refractivity contribution in [2.24, 2.45) is 7.05 Å². The maximum Gasteiger partial charge on any atom is 0.326 e. The number of aromatic nitrogens is 2. The van der Waals surface area contributed by atoms with E-state index in [1.54, 1.807) is 22.8 Å². The highest BCUT2D eigenvalue weighted by atomic mass is 16.2. The molecule has 5 heteroatoms. The van der Waals surface area contributed by atoms with Gasteiger partial charge in [0.2, 0.25) is 0 Å². The first kappa shape index (κ1) is 14.8. The number of carbonyl (C=O) groups excluding carboxylic acids is 1. The molecular formula is C18H18N4O. The van der Waals surface area contributed by atoms with Crippen LogP contribution in [0.1, 0.15) is 0 Å². The third kappa shape index (κ3) is 3.08. The number of nitrogens with zero attached hydrogens (tertiary/aromatic N) is 3. The van der Waals surface area contributed by atoms with Gasteiger partial charge in [0.1, 0.15) is 0 Å². The Bertz CT molecular complexity index is 796. The van der Waals surface area contributed by atoms with Gasteiger partial charge in [-0.3, -0.25) is 9.58 Å². The molecule has 0 spiro atoms. The number of urea groups is 1. The van der Waals surface area contributed by atoms with E-state index in [0.717, 1.165) is 16.9 Å². The van der Waals surface area contributed by atoms with Crippen LogP contribution in [-0.4, -0.2) is 22.9 Å². The molecule has 0 saturated carbocycles. The van der Waals surface area contributed by atoms with Crippen molar-refractivity contribution in [3.63, 3.8) is 0 Å². The Balaban J connectivity index is 1.85. The summed E-state index contributed by atoms with van der Waals surface area (Å²) in [5.41, 5.74) is 3.40. The van der Waals surface area contributed by atoms with Crippen molar-refractivity contribution in [2.75, 3.05) is 17.3 Å². The first-order valence-corrected chi connectivity index (χ1v) is 7.34. The number of benzene rings is 2. The molecule has 5 nitrogen and oxygen atoms in total. The van der Waals surface area contributed by atoms with Crippen LogP contribution >= 0.6 is 0 Å². The highest BCUT2D eigenvalue weighted by Gasteiger charge is 2.16. The number of nitrogens with one attached hydrogen (secondary N) is 1. The molecule has 0 bridgehead atoms. The number of aryl methyl sites for hydroxylation is 1. The maximum atomic E-state index is 12.5. The zero-order chi connectivity index (χ0) is 16.2. The number of hydrogen-bond donors (Lipinski definition) is 1. The zero-order valence-corrected chi connectivity index (χ0v) is 13.1. The number of anilines is 2. The number of carbonyl (C=O) groups is 1. The van der Waals surface area contributed by atoms with E-state index >= 15 is 0 Å². The summed E-state index contributed by atoms with van der Waals surface area (Å²) in [5, 5.41) is 7.19. The van der Waals surface area contributed by atoms with Crippen LogP contribution in [0.4, 0.5) is 16.2 Å². The predicted octanol–water partition coefficient (Wildman–Crippen LogP) is 3.76. The minimum absolute atomic E-state index is 0.207. The van der Waals surface area contributed by atoms with Gasteiger partial charge >= 0.3 is 6.03 Å². The van der Waals surface area contributed by atoms with Gasteiger partial charge in [-0.15, -0.1) is 0 Å². The van der Waals surface area contributed by atoms with E-state index in [1.165, 1.54) is 0 Å². The van der Waals surface area contributed by atoms with Crippen molar-refractivity contribution in [1.82, 2.24) is 9.78 Å². The van der Waals surface area contributed by atoms with Crippen molar-refractivity contribution in [1.29, 1.82) is 0 Å². The third-order valence-corrected chi connectivity index (χ3v) is 3.68. The Morgan fingerprint density at radius 2 is 1.65 bits per heavy atom. The molecule has 0 saturated heterocycles. The average Bonchev–Trinajstić information content (AvgIpc) is 2.96. The fourth-order valence-electron chi connectivity index (χ4n) is 2.44. The Hall–Kier alpha value is -3.08. The second-order valence-electron chi connectivity index (χ2n) is 5.22.